The van der Waals surface area contributed by atoms with Crippen molar-refractivity contribution in [2.24, 2.45) is 10.8 Å². The molecule has 1 N–H and O–H groups in total. The number of dihydropyridines is 1. The van der Waals surface area contributed by atoms with Gasteiger partial charge >= 0.3 is 0 Å². The van der Waals surface area contributed by atoms with Crippen molar-refractivity contribution in [2.75, 3.05) is 6.61 Å². The van der Waals surface area contributed by atoms with Crippen molar-refractivity contribution in [1.82, 2.24) is 5.32 Å². The molecule has 0 unspecified atom stereocenters. The van der Waals surface area contributed by atoms with Crippen molar-refractivity contribution in [3.8, 4) is 5.75 Å². The van der Waals surface area contributed by atoms with Crippen molar-refractivity contribution < 1.29 is 14.3 Å². The number of hydrogen-bond acceptors (Lipinski definition) is 4. The Morgan fingerprint density at radius 1 is 0.771 bits per heavy atom. The van der Waals surface area contributed by atoms with E-state index in [1.165, 1.54) is 32.1 Å². The van der Waals surface area contributed by atoms with Gasteiger partial charge in [-0.25, -0.2) is 0 Å². The standard InChI is InChI=1S/C31H43NO3/c1-6-7-8-9-10-11-16-35-22-14-12-21(13-15-22)27-28-23(17-30(2,3)19-25(28)33)32-24-18-31(4,5)20-26(34)29(24)27/h12-15,27,32H,6-11,16-20H2,1-5H3. The minimum absolute atomic E-state index is 0.0754. The lowest BCUT2D eigenvalue weighted by Gasteiger charge is -2.44. The maximum Gasteiger partial charge on any atom is 0.162 e. The van der Waals surface area contributed by atoms with Crippen LogP contribution < -0.4 is 10.1 Å². The van der Waals surface area contributed by atoms with Gasteiger partial charge in [0.05, 0.1) is 6.61 Å². The molecule has 4 rings (SSSR count). The Bertz CT molecular complexity index is 974. The summed E-state index contributed by atoms with van der Waals surface area (Å²) in [6.45, 7) is 11.6. The molecule has 4 nitrogen and oxygen atoms in total. The second kappa shape index (κ2) is 10.3. The first-order chi connectivity index (χ1) is 16.6. The predicted molar refractivity (Wildman–Crippen MR) is 141 cm³/mol. The van der Waals surface area contributed by atoms with Crippen LogP contribution in [0.25, 0.3) is 0 Å². The molecule has 4 heteroatoms. The Kier molecular flexibility index (Phi) is 7.59. The van der Waals surface area contributed by atoms with Crippen LogP contribution in [0.4, 0.5) is 0 Å². The fourth-order valence-corrected chi connectivity index (χ4v) is 6.05. The molecule has 3 aliphatic rings. The molecule has 0 saturated carbocycles. The number of rotatable bonds is 9. The van der Waals surface area contributed by atoms with E-state index < -0.39 is 0 Å². The van der Waals surface area contributed by atoms with Crippen LogP contribution in [0.1, 0.15) is 110 Å². The number of ether oxygens (including phenoxy) is 1. The van der Waals surface area contributed by atoms with Crippen LogP contribution in [0, 0.1) is 10.8 Å². The van der Waals surface area contributed by atoms with Gasteiger partial charge < -0.3 is 10.1 Å². The summed E-state index contributed by atoms with van der Waals surface area (Å²) in [4.78, 5) is 26.8. The van der Waals surface area contributed by atoms with E-state index in [0.29, 0.717) is 12.8 Å². The summed E-state index contributed by atoms with van der Waals surface area (Å²) in [6, 6.07) is 8.12. The van der Waals surface area contributed by atoms with E-state index in [-0.39, 0.29) is 28.3 Å². The molecular formula is C31H43NO3. The van der Waals surface area contributed by atoms with Crippen molar-refractivity contribution >= 4 is 11.6 Å². The molecule has 1 aliphatic heterocycles. The zero-order chi connectivity index (χ0) is 25.2. The SMILES string of the molecule is CCCCCCCCOc1ccc(C2C3=C(CC(C)(C)CC3=O)NC3=C2C(=O)CC(C)(C)C3)cc1. The van der Waals surface area contributed by atoms with Gasteiger partial charge in [0.1, 0.15) is 5.75 Å². The van der Waals surface area contributed by atoms with Gasteiger partial charge in [0.2, 0.25) is 0 Å². The van der Waals surface area contributed by atoms with Crippen LogP contribution in [-0.4, -0.2) is 18.2 Å². The van der Waals surface area contributed by atoms with E-state index in [0.717, 1.165) is 59.7 Å². The highest BCUT2D eigenvalue weighted by Crippen LogP contribution is 2.51. The summed E-state index contributed by atoms with van der Waals surface area (Å²) >= 11 is 0. The fraction of sp³-hybridized carbons (Fsp3) is 0.613. The maximum absolute atomic E-state index is 13.4. The van der Waals surface area contributed by atoms with Crippen LogP contribution in [0.2, 0.25) is 0 Å². The first kappa shape index (κ1) is 25.7. The Hall–Kier alpha value is -2.36. The highest BCUT2D eigenvalue weighted by Gasteiger charge is 2.46. The highest BCUT2D eigenvalue weighted by atomic mass is 16.5. The second-order valence-corrected chi connectivity index (χ2v) is 12.4. The highest BCUT2D eigenvalue weighted by molar-refractivity contribution is 6.06. The van der Waals surface area contributed by atoms with Crippen LogP contribution in [0.3, 0.4) is 0 Å². The number of Topliss-reactive ketones (excluding diaryl/α,β-unsaturated/α-hetero) is 2. The Morgan fingerprint density at radius 3 is 1.83 bits per heavy atom. The largest absolute Gasteiger partial charge is 0.494 e. The summed E-state index contributed by atoms with van der Waals surface area (Å²) in [5, 5.41) is 3.59. The molecule has 0 atom stereocenters. The summed E-state index contributed by atoms with van der Waals surface area (Å²) in [5.41, 5.74) is 4.50. The van der Waals surface area contributed by atoms with Crippen molar-refractivity contribution in [3.63, 3.8) is 0 Å². The van der Waals surface area contributed by atoms with E-state index in [1.807, 2.05) is 12.1 Å². The van der Waals surface area contributed by atoms with E-state index >= 15 is 0 Å². The van der Waals surface area contributed by atoms with Gasteiger partial charge in [-0.15, -0.1) is 0 Å². The normalized spacial score (nSPS) is 21.5. The van der Waals surface area contributed by atoms with Crippen LogP contribution >= 0.6 is 0 Å². The van der Waals surface area contributed by atoms with Gasteiger partial charge in [-0.3, -0.25) is 9.59 Å². The lowest BCUT2D eigenvalue weighted by atomic mass is 9.64. The molecule has 0 spiro atoms. The Balaban J connectivity index is 1.56. The molecule has 1 heterocycles. The predicted octanol–water partition coefficient (Wildman–Crippen LogP) is 7.40. The monoisotopic (exact) mass is 477 g/mol. The molecule has 1 aromatic carbocycles. The third-order valence-corrected chi connectivity index (χ3v) is 7.70. The lowest BCUT2D eigenvalue weighted by Crippen LogP contribution is -2.42. The quantitative estimate of drug-likeness (QED) is 0.377. The van der Waals surface area contributed by atoms with Gasteiger partial charge in [0, 0.05) is 41.3 Å². The smallest absolute Gasteiger partial charge is 0.162 e. The molecule has 0 amide bonds. The van der Waals surface area contributed by atoms with E-state index in [9.17, 15) is 9.59 Å². The first-order valence-corrected chi connectivity index (χ1v) is 13.6. The Morgan fingerprint density at radius 2 is 1.29 bits per heavy atom. The van der Waals surface area contributed by atoms with Crippen molar-refractivity contribution in [1.29, 1.82) is 0 Å². The average molecular weight is 478 g/mol. The summed E-state index contributed by atoms with van der Waals surface area (Å²) in [6.07, 6.45) is 10.1. The number of carbonyl (C=O) groups is 2. The van der Waals surface area contributed by atoms with Crippen molar-refractivity contribution in [2.45, 2.75) is 105 Å². The van der Waals surface area contributed by atoms with Gasteiger partial charge in [-0.1, -0.05) is 78.9 Å². The van der Waals surface area contributed by atoms with Crippen LogP contribution in [0.15, 0.2) is 46.8 Å². The summed E-state index contributed by atoms with van der Waals surface area (Å²) in [5.74, 6) is 0.913. The molecule has 0 saturated heterocycles. The lowest BCUT2D eigenvalue weighted by molar-refractivity contribution is -0.119. The molecule has 190 valence electrons. The zero-order valence-corrected chi connectivity index (χ0v) is 22.4. The molecular weight excluding hydrogens is 434 g/mol. The third-order valence-electron chi connectivity index (χ3n) is 7.70. The number of ketones is 2. The number of hydrogen-bond donors (Lipinski definition) is 1. The molecule has 0 bridgehead atoms. The summed E-state index contributed by atoms with van der Waals surface area (Å²) in [7, 11) is 0. The maximum atomic E-state index is 13.4. The topological polar surface area (TPSA) is 55.4 Å². The number of nitrogens with one attached hydrogen (secondary N) is 1. The van der Waals surface area contributed by atoms with E-state index in [2.05, 4.69) is 52.1 Å². The molecule has 0 aromatic heterocycles. The first-order valence-electron chi connectivity index (χ1n) is 13.6. The van der Waals surface area contributed by atoms with Gasteiger partial charge in [0.25, 0.3) is 0 Å². The van der Waals surface area contributed by atoms with Gasteiger partial charge in [0.15, 0.2) is 11.6 Å². The number of benzene rings is 1. The second-order valence-electron chi connectivity index (χ2n) is 12.4. The minimum atomic E-state index is -0.277. The van der Waals surface area contributed by atoms with Crippen LogP contribution in [0.5, 0.6) is 5.75 Å². The molecule has 1 aromatic rings. The minimum Gasteiger partial charge on any atom is -0.494 e. The van der Waals surface area contributed by atoms with Gasteiger partial charge in [-0.2, -0.15) is 0 Å². The average Bonchev–Trinajstić information content (AvgIpc) is 2.76. The summed E-state index contributed by atoms with van der Waals surface area (Å²) < 4.78 is 5.99. The number of unbranched alkanes of at least 4 members (excludes halogenated alkanes) is 5. The molecule has 0 fully saturated rings. The van der Waals surface area contributed by atoms with E-state index in [4.69, 9.17) is 4.74 Å². The Labute approximate surface area is 211 Å². The van der Waals surface area contributed by atoms with E-state index in [1.54, 1.807) is 0 Å². The van der Waals surface area contributed by atoms with Crippen LogP contribution in [-0.2, 0) is 9.59 Å². The zero-order valence-electron chi connectivity index (χ0n) is 22.4. The van der Waals surface area contributed by atoms with Crippen molar-refractivity contribution in [3.05, 3.63) is 52.4 Å². The van der Waals surface area contributed by atoms with Gasteiger partial charge in [-0.05, 0) is 47.8 Å². The third kappa shape index (κ3) is 5.90. The molecule has 35 heavy (non-hydrogen) atoms. The molecule has 2 aliphatic carbocycles. The fourth-order valence-electron chi connectivity index (χ4n) is 6.05. The number of carbonyl (C=O) groups excluding carboxylic acids is 2. The number of allylic oxidation sites excluding steroid dienone is 4. The molecule has 0 radical (unpaired) electrons.